The highest BCUT2D eigenvalue weighted by Gasteiger charge is 2.55. The van der Waals surface area contributed by atoms with Crippen molar-refractivity contribution in [2.45, 2.75) is 38.7 Å². The van der Waals surface area contributed by atoms with E-state index in [4.69, 9.17) is 4.74 Å². The third-order valence-electron chi connectivity index (χ3n) is 5.08. The summed E-state index contributed by atoms with van der Waals surface area (Å²) < 4.78 is 5.49. The Labute approximate surface area is 120 Å². The zero-order valence-electron chi connectivity index (χ0n) is 11.9. The average molecular weight is 271 g/mol. The van der Waals surface area contributed by atoms with Crippen molar-refractivity contribution in [1.29, 1.82) is 5.26 Å². The Morgan fingerprint density at radius 1 is 1.50 bits per heavy atom. The number of nitrogens with zero attached hydrogens (tertiary/aromatic N) is 1. The van der Waals surface area contributed by atoms with E-state index in [0.717, 1.165) is 30.6 Å². The molecule has 4 unspecified atom stereocenters. The van der Waals surface area contributed by atoms with Crippen molar-refractivity contribution in [3.63, 3.8) is 0 Å². The number of nitriles is 1. The molecule has 1 aromatic carbocycles. The molecule has 0 amide bonds. The van der Waals surface area contributed by atoms with Crippen LogP contribution in [0.1, 0.15) is 44.3 Å². The van der Waals surface area contributed by atoms with Gasteiger partial charge in [-0.05, 0) is 55.7 Å². The predicted molar refractivity (Wildman–Crippen MR) is 76.1 cm³/mol. The molecule has 0 saturated heterocycles. The number of fused-ring (bicyclic) bond motifs is 2. The van der Waals surface area contributed by atoms with Gasteiger partial charge in [0.05, 0.1) is 24.2 Å². The molecule has 106 valence electrons. The molecule has 20 heavy (non-hydrogen) atoms. The molecule has 3 nitrogen and oxygen atoms in total. The highest BCUT2D eigenvalue weighted by atomic mass is 16.5. The molecular formula is C17H21NO2. The van der Waals surface area contributed by atoms with E-state index in [-0.39, 0.29) is 0 Å². The maximum absolute atomic E-state index is 10.8. The van der Waals surface area contributed by atoms with Gasteiger partial charge in [0.1, 0.15) is 5.75 Å². The van der Waals surface area contributed by atoms with E-state index in [2.05, 4.69) is 6.07 Å². The molecule has 0 spiro atoms. The molecule has 2 fully saturated rings. The summed E-state index contributed by atoms with van der Waals surface area (Å²) in [5, 5.41) is 20.5. The Bertz CT molecular complexity index is 536. The van der Waals surface area contributed by atoms with E-state index in [0.29, 0.717) is 18.4 Å². The van der Waals surface area contributed by atoms with Crippen LogP contribution >= 0.6 is 0 Å². The summed E-state index contributed by atoms with van der Waals surface area (Å²) in [6.45, 7) is 2.55. The molecule has 3 rings (SSSR count). The van der Waals surface area contributed by atoms with Gasteiger partial charge in [-0.2, -0.15) is 5.26 Å². The standard InChI is InChI=1S/C17H21NO2/c1-2-20-15-5-3-4-13(9-15)16(19)17(11-18)10-12-6-7-14(17)8-12/h3-5,9,12,14,16,19H,2,6-8,10H2,1H3. The van der Waals surface area contributed by atoms with Gasteiger partial charge in [0, 0.05) is 0 Å². The molecule has 0 radical (unpaired) electrons. The summed E-state index contributed by atoms with van der Waals surface area (Å²) >= 11 is 0. The van der Waals surface area contributed by atoms with Crippen LogP contribution < -0.4 is 4.74 Å². The number of hydrogen-bond donors (Lipinski definition) is 1. The van der Waals surface area contributed by atoms with Gasteiger partial charge in [0.25, 0.3) is 0 Å². The molecule has 0 heterocycles. The lowest BCUT2D eigenvalue weighted by Gasteiger charge is -2.35. The molecular weight excluding hydrogens is 250 g/mol. The second-order valence-electron chi connectivity index (χ2n) is 6.14. The van der Waals surface area contributed by atoms with Crippen LogP contribution in [0.4, 0.5) is 0 Å². The molecule has 2 aliphatic carbocycles. The highest BCUT2D eigenvalue weighted by Crippen LogP contribution is 2.60. The lowest BCUT2D eigenvalue weighted by molar-refractivity contribution is 0.0232. The van der Waals surface area contributed by atoms with Crippen LogP contribution in [0.3, 0.4) is 0 Å². The molecule has 1 N–H and O–H groups in total. The zero-order chi connectivity index (χ0) is 14.2. The van der Waals surface area contributed by atoms with Crippen LogP contribution in [0, 0.1) is 28.6 Å². The van der Waals surface area contributed by atoms with Gasteiger partial charge < -0.3 is 9.84 Å². The van der Waals surface area contributed by atoms with Crippen molar-refractivity contribution in [2.75, 3.05) is 6.61 Å². The molecule has 1 aromatic rings. The first kappa shape index (κ1) is 13.5. The monoisotopic (exact) mass is 271 g/mol. The lowest BCUT2D eigenvalue weighted by Crippen LogP contribution is -2.33. The number of ether oxygens (including phenoxy) is 1. The molecule has 0 aliphatic heterocycles. The fraction of sp³-hybridized carbons (Fsp3) is 0.588. The third kappa shape index (κ3) is 1.99. The summed E-state index contributed by atoms with van der Waals surface area (Å²) in [6.07, 6.45) is 3.55. The van der Waals surface area contributed by atoms with Crippen LogP contribution in [-0.2, 0) is 0 Å². The van der Waals surface area contributed by atoms with E-state index in [1.54, 1.807) is 0 Å². The van der Waals surface area contributed by atoms with Gasteiger partial charge in [-0.1, -0.05) is 18.6 Å². The molecule has 2 bridgehead atoms. The molecule has 4 atom stereocenters. The van der Waals surface area contributed by atoms with Gasteiger partial charge in [-0.3, -0.25) is 0 Å². The van der Waals surface area contributed by atoms with Crippen molar-refractivity contribution < 1.29 is 9.84 Å². The lowest BCUT2D eigenvalue weighted by atomic mass is 9.68. The number of rotatable bonds is 4. The summed E-state index contributed by atoms with van der Waals surface area (Å²) in [7, 11) is 0. The van der Waals surface area contributed by atoms with Gasteiger partial charge in [0.15, 0.2) is 0 Å². The molecule has 0 aromatic heterocycles. The van der Waals surface area contributed by atoms with Crippen molar-refractivity contribution in [3.05, 3.63) is 29.8 Å². The Morgan fingerprint density at radius 2 is 2.35 bits per heavy atom. The Morgan fingerprint density at radius 3 is 2.95 bits per heavy atom. The largest absolute Gasteiger partial charge is 0.494 e. The van der Waals surface area contributed by atoms with E-state index in [1.165, 1.54) is 6.42 Å². The number of benzene rings is 1. The maximum Gasteiger partial charge on any atom is 0.119 e. The first-order chi connectivity index (χ1) is 9.69. The van der Waals surface area contributed by atoms with E-state index in [9.17, 15) is 10.4 Å². The highest BCUT2D eigenvalue weighted by molar-refractivity contribution is 5.33. The van der Waals surface area contributed by atoms with E-state index < -0.39 is 11.5 Å². The summed E-state index contributed by atoms with van der Waals surface area (Å²) in [5.41, 5.74) is 0.221. The topological polar surface area (TPSA) is 53.2 Å². The van der Waals surface area contributed by atoms with Crippen LogP contribution in [0.2, 0.25) is 0 Å². The second-order valence-corrected chi connectivity index (χ2v) is 6.14. The van der Waals surface area contributed by atoms with Gasteiger partial charge in [0.2, 0.25) is 0 Å². The van der Waals surface area contributed by atoms with Crippen molar-refractivity contribution in [1.82, 2.24) is 0 Å². The minimum Gasteiger partial charge on any atom is -0.494 e. The predicted octanol–water partition coefficient (Wildman–Crippen LogP) is 3.45. The first-order valence-electron chi connectivity index (χ1n) is 7.51. The normalized spacial score (nSPS) is 32.9. The minimum atomic E-state index is -0.705. The number of aliphatic hydroxyl groups excluding tert-OH is 1. The Hall–Kier alpha value is -1.53. The van der Waals surface area contributed by atoms with Crippen LogP contribution in [-0.4, -0.2) is 11.7 Å². The fourth-order valence-corrected chi connectivity index (χ4v) is 4.14. The molecule has 3 heteroatoms. The Balaban J connectivity index is 1.90. The van der Waals surface area contributed by atoms with Crippen molar-refractivity contribution in [3.8, 4) is 11.8 Å². The van der Waals surface area contributed by atoms with Gasteiger partial charge in [-0.15, -0.1) is 0 Å². The third-order valence-corrected chi connectivity index (χ3v) is 5.08. The zero-order valence-corrected chi connectivity index (χ0v) is 11.9. The number of aliphatic hydroxyl groups is 1. The minimum absolute atomic E-state index is 0.350. The first-order valence-corrected chi connectivity index (χ1v) is 7.51. The van der Waals surface area contributed by atoms with Gasteiger partial charge >= 0.3 is 0 Å². The van der Waals surface area contributed by atoms with E-state index >= 15 is 0 Å². The van der Waals surface area contributed by atoms with Crippen molar-refractivity contribution in [2.24, 2.45) is 17.3 Å². The summed E-state index contributed by atoms with van der Waals surface area (Å²) in [6, 6.07) is 10.0. The quantitative estimate of drug-likeness (QED) is 0.912. The summed E-state index contributed by atoms with van der Waals surface area (Å²) in [5.74, 6) is 1.74. The average Bonchev–Trinajstić information content (AvgIpc) is 3.08. The SMILES string of the molecule is CCOc1cccc(C(O)C2(C#N)CC3CCC2C3)c1. The molecule has 2 saturated carbocycles. The van der Waals surface area contributed by atoms with E-state index in [1.807, 2.05) is 31.2 Å². The maximum atomic E-state index is 10.8. The van der Waals surface area contributed by atoms with Crippen LogP contribution in [0.25, 0.3) is 0 Å². The smallest absolute Gasteiger partial charge is 0.119 e. The van der Waals surface area contributed by atoms with Crippen LogP contribution in [0.15, 0.2) is 24.3 Å². The second kappa shape index (κ2) is 5.10. The Kier molecular flexibility index (Phi) is 3.43. The van der Waals surface area contributed by atoms with Crippen LogP contribution in [0.5, 0.6) is 5.75 Å². The van der Waals surface area contributed by atoms with Crippen molar-refractivity contribution >= 4 is 0 Å². The molecule has 2 aliphatic rings. The fourth-order valence-electron chi connectivity index (χ4n) is 4.14. The van der Waals surface area contributed by atoms with Gasteiger partial charge in [-0.25, -0.2) is 0 Å². The number of hydrogen-bond acceptors (Lipinski definition) is 3. The summed E-state index contributed by atoms with van der Waals surface area (Å²) in [4.78, 5) is 0.